The number of aryl methyl sites for hydroxylation is 1. The molecule has 0 bridgehead atoms. The highest BCUT2D eigenvalue weighted by Gasteiger charge is 2.35. The van der Waals surface area contributed by atoms with Crippen LogP contribution in [0.25, 0.3) is 0 Å². The number of aromatic nitrogens is 4. The van der Waals surface area contributed by atoms with Gasteiger partial charge in [-0.1, -0.05) is 0 Å². The van der Waals surface area contributed by atoms with E-state index < -0.39 is 11.9 Å². The number of alkyl halides is 3. The average Bonchev–Trinajstić information content (AvgIpc) is 3.12. The van der Waals surface area contributed by atoms with Crippen molar-refractivity contribution < 1.29 is 18.0 Å². The smallest absolute Gasteiger partial charge is 0.350 e. The Hall–Kier alpha value is -2.32. The minimum absolute atomic E-state index is 0.0784. The number of fused-ring (bicyclic) bond motifs is 1. The molecule has 6 nitrogen and oxygen atoms in total. The van der Waals surface area contributed by atoms with Gasteiger partial charge < -0.3 is 9.88 Å². The van der Waals surface area contributed by atoms with E-state index in [0.29, 0.717) is 37.4 Å². The Balaban J connectivity index is 1.60. The quantitative estimate of drug-likeness (QED) is 0.904. The van der Waals surface area contributed by atoms with Gasteiger partial charge in [0.25, 0.3) is 5.91 Å². The fourth-order valence-electron chi connectivity index (χ4n) is 2.53. The third kappa shape index (κ3) is 2.97. The molecule has 118 valence electrons. The summed E-state index contributed by atoms with van der Waals surface area (Å²) in [6.45, 7) is 0.818. The predicted molar refractivity (Wildman–Crippen MR) is 70.0 cm³/mol. The second kappa shape index (κ2) is 5.47. The summed E-state index contributed by atoms with van der Waals surface area (Å²) in [6, 6.07) is 1.56. The molecule has 9 heteroatoms. The van der Waals surface area contributed by atoms with Crippen molar-refractivity contribution in [2.24, 2.45) is 5.92 Å². The Labute approximate surface area is 123 Å². The van der Waals surface area contributed by atoms with E-state index in [1.54, 1.807) is 6.07 Å². The lowest BCUT2D eigenvalue weighted by Gasteiger charge is -2.23. The molecule has 1 aliphatic rings. The summed E-state index contributed by atoms with van der Waals surface area (Å²) in [7, 11) is 0. The Kier molecular flexibility index (Phi) is 3.63. The molecule has 0 spiro atoms. The first-order valence-electron chi connectivity index (χ1n) is 6.84. The molecule has 1 aliphatic heterocycles. The monoisotopic (exact) mass is 313 g/mol. The highest BCUT2D eigenvalue weighted by atomic mass is 19.4. The summed E-state index contributed by atoms with van der Waals surface area (Å²) in [6.07, 6.45) is -0.739. The number of carbonyl (C=O) groups excluding carboxylic acids is 1. The maximum atomic E-state index is 12.6. The first kappa shape index (κ1) is 14.6. The van der Waals surface area contributed by atoms with Gasteiger partial charge in [0, 0.05) is 31.9 Å². The predicted octanol–water partition coefficient (Wildman–Crippen LogP) is 1.62. The summed E-state index contributed by atoms with van der Waals surface area (Å²) in [5, 5.41) is 9.00. The number of halogens is 3. The molecular formula is C13H14F3N5O. The number of hydrogen-bond acceptors (Lipinski definition) is 3. The molecular weight excluding hydrogens is 299 g/mol. The number of H-pyrrole nitrogens is 1. The van der Waals surface area contributed by atoms with Crippen LogP contribution in [0.1, 0.15) is 28.4 Å². The van der Waals surface area contributed by atoms with Crippen LogP contribution in [-0.2, 0) is 19.1 Å². The topological polar surface area (TPSA) is 75.6 Å². The molecule has 2 N–H and O–H groups in total. The average molecular weight is 313 g/mol. The van der Waals surface area contributed by atoms with Crippen LogP contribution in [-0.4, -0.2) is 32.2 Å². The molecule has 0 fully saturated rings. The molecule has 0 aromatic carbocycles. The maximum absolute atomic E-state index is 12.6. The molecule has 2 aromatic heterocycles. The third-order valence-electron chi connectivity index (χ3n) is 3.68. The summed E-state index contributed by atoms with van der Waals surface area (Å²) in [5.41, 5.74) is -0.497. The van der Waals surface area contributed by atoms with Crippen molar-refractivity contribution in [3.63, 3.8) is 0 Å². The largest absolute Gasteiger partial charge is 0.434 e. The molecule has 0 radical (unpaired) electrons. The van der Waals surface area contributed by atoms with Crippen molar-refractivity contribution in [3.8, 4) is 0 Å². The zero-order chi connectivity index (χ0) is 15.7. The van der Waals surface area contributed by atoms with Crippen LogP contribution in [0.15, 0.2) is 18.5 Å². The van der Waals surface area contributed by atoms with Crippen LogP contribution in [0, 0.1) is 5.92 Å². The van der Waals surface area contributed by atoms with Gasteiger partial charge in [-0.25, -0.2) is 4.98 Å². The van der Waals surface area contributed by atoms with E-state index in [1.807, 2.05) is 0 Å². The van der Waals surface area contributed by atoms with E-state index in [-0.39, 0.29) is 11.8 Å². The molecule has 1 atom stereocenters. The number of hydrogen-bond donors (Lipinski definition) is 2. The summed E-state index contributed by atoms with van der Waals surface area (Å²) in [5.74, 6) is 0.253. The Morgan fingerprint density at radius 3 is 3.00 bits per heavy atom. The van der Waals surface area contributed by atoms with Crippen molar-refractivity contribution in [1.29, 1.82) is 0 Å². The van der Waals surface area contributed by atoms with E-state index >= 15 is 0 Å². The Bertz CT molecular complexity index is 662. The van der Waals surface area contributed by atoms with E-state index in [9.17, 15) is 18.0 Å². The molecule has 22 heavy (non-hydrogen) atoms. The fraction of sp³-hybridized carbons (Fsp3) is 0.462. The number of rotatable bonds is 3. The Morgan fingerprint density at radius 1 is 1.50 bits per heavy atom. The zero-order valence-electron chi connectivity index (χ0n) is 11.5. The lowest BCUT2D eigenvalue weighted by Crippen LogP contribution is -2.33. The van der Waals surface area contributed by atoms with Gasteiger partial charge in [-0.2, -0.15) is 18.3 Å². The first-order valence-corrected chi connectivity index (χ1v) is 6.84. The second-order valence-electron chi connectivity index (χ2n) is 5.28. The second-order valence-corrected chi connectivity index (χ2v) is 5.28. The number of nitrogens with one attached hydrogen (secondary N) is 2. The number of aromatic amines is 1. The molecule has 0 saturated carbocycles. The van der Waals surface area contributed by atoms with E-state index in [4.69, 9.17) is 0 Å². The fourth-order valence-corrected chi connectivity index (χ4v) is 2.53. The van der Waals surface area contributed by atoms with E-state index in [0.717, 1.165) is 6.20 Å². The summed E-state index contributed by atoms with van der Waals surface area (Å²) in [4.78, 5) is 15.4. The molecule has 1 amide bonds. The van der Waals surface area contributed by atoms with Crippen molar-refractivity contribution in [3.05, 3.63) is 35.7 Å². The maximum Gasteiger partial charge on any atom is 0.434 e. The number of amides is 1. The minimum atomic E-state index is -4.42. The summed E-state index contributed by atoms with van der Waals surface area (Å²) >= 11 is 0. The number of nitrogens with zero attached hydrogens (tertiary/aromatic N) is 3. The van der Waals surface area contributed by atoms with Gasteiger partial charge in [0.15, 0.2) is 5.69 Å². The molecule has 0 saturated heterocycles. The van der Waals surface area contributed by atoms with Gasteiger partial charge in [-0.15, -0.1) is 0 Å². The van der Waals surface area contributed by atoms with Gasteiger partial charge >= 0.3 is 6.18 Å². The van der Waals surface area contributed by atoms with Crippen molar-refractivity contribution in [2.45, 2.75) is 25.6 Å². The third-order valence-corrected chi connectivity index (χ3v) is 3.68. The van der Waals surface area contributed by atoms with E-state index in [1.165, 1.54) is 10.8 Å². The van der Waals surface area contributed by atoms with Crippen molar-refractivity contribution in [2.75, 3.05) is 6.54 Å². The lowest BCUT2D eigenvalue weighted by atomic mass is 9.99. The van der Waals surface area contributed by atoms with Crippen molar-refractivity contribution >= 4 is 5.91 Å². The van der Waals surface area contributed by atoms with Crippen molar-refractivity contribution in [1.82, 2.24) is 25.1 Å². The molecule has 0 aliphatic carbocycles. The molecule has 0 unspecified atom stereocenters. The highest BCUT2D eigenvalue weighted by molar-refractivity contribution is 5.92. The van der Waals surface area contributed by atoms with Gasteiger partial charge in [0.2, 0.25) is 0 Å². The first-order chi connectivity index (χ1) is 10.4. The van der Waals surface area contributed by atoms with Crippen LogP contribution >= 0.6 is 0 Å². The van der Waals surface area contributed by atoms with Gasteiger partial charge in [-0.3, -0.25) is 9.89 Å². The Morgan fingerprint density at radius 2 is 2.32 bits per heavy atom. The SMILES string of the molecule is O=C(NC[C@@H]1CCc2nc(C(F)(F)F)cn2C1)c1ccn[nH]1. The van der Waals surface area contributed by atoms with E-state index in [2.05, 4.69) is 20.5 Å². The van der Waals surface area contributed by atoms with Gasteiger partial charge in [0.05, 0.1) is 0 Å². The molecule has 3 rings (SSSR count). The normalized spacial score (nSPS) is 18.0. The molecule has 3 heterocycles. The number of imidazole rings is 1. The van der Waals surface area contributed by atoms with Crippen LogP contribution in [0.3, 0.4) is 0 Å². The van der Waals surface area contributed by atoms with Gasteiger partial charge in [0.1, 0.15) is 11.5 Å². The summed E-state index contributed by atoms with van der Waals surface area (Å²) < 4.78 is 39.4. The highest BCUT2D eigenvalue weighted by Crippen LogP contribution is 2.30. The lowest BCUT2D eigenvalue weighted by molar-refractivity contribution is -0.141. The van der Waals surface area contributed by atoms with Crippen LogP contribution in [0.5, 0.6) is 0 Å². The zero-order valence-corrected chi connectivity index (χ0v) is 11.5. The van der Waals surface area contributed by atoms with Crippen LogP contribution < -0.4 is 5.32 Å². The minimum Gasteiger partial charge on any atom is -0.350 e. The van der Waals surface area contributed by atoms with Crippen LogP contribution in [0.4, 0.5) is 13.2 Å². The standard InChI is InChI=1S/C13H14F3N5O/c14-13(15,16)10-7-21-6-8(1-2-11(21)19-10)5-17-12(22)9-3-4-18-20-9/h3-4,7-8H,1-2,5-6H2,(H,17,22)(H,18,20)/t8-/m0/s1. The van der Waals surface area contributed by atoms with Gasteiger partial charge in [-0.05, 0) is 18.4 Å². The number of carbonyl (C=O) groups is 1. The molecule has 2 aromatic rings. The van der Waals surface area contributed by atoms with Crippen LogP contribution in [0.2, 0.25) is 0 Å².